The molecule has 0 amide bonds. The minimum atomic E-state index is 0.197. The van der Waals surface area contributed by atoms with Gasteiger partial charge >= 0.3 is 0 Å². The van der Waals surface area contributed by atoms with Crippen LogP contribution in [-0.2, 0) is 4.79 Å². The molecule has 2 aromatic rings. The summed E-state index contributed by atoms with van der Waals surface area (Å²) in [5.74, 6) is 1.40. The fourth-order valence-corrected chi connectivity index (χ4v) is 2.67. The van der Waals surface area contributed by atoms with Crippen molar-refractivity contribution in [3.05, 3.63) is 28.8 Å². The fraction of sp³-hybridized carbons (Fsp3) is 0.357. The van der Waals surface area contributed by atoms with Gasteiger partial charge in [0.25, 0.3) is 5.22 Å². The second-order valence-corrected chi connectivity index (χ2v) is 5.96. The van der Waals surface area contributed by atoms with E-state index in [0.717, 1.165) is 23.3 Å². The molecule has 0 aliphatic heterocycles. The second kappa shape index (κ2) is 6.90. The molecule has 0 aliphatic rings. The van der Waals surface area contributed by atoms with Crippen LogP contribution in [0.3, 0.4) is 0 Å². The number of hydrogen-bond donors (Lipinski definition) is 0. The molecule has 0 saturated carbocycles. The summed E-state index contributed by atoms with van der Waals surface area (Å²) in [6, 6.07) is 5.68. The van der Waals surface area contributed by atoms with Crippen LogP contribution in [0.1, 0.15) is 25.3 Å². The van der Waals surface area contributed by atoms with Crippen LogP contribution in [0.5, 0.6) is 0 Å². The van der Waals surface area contributed by atoms with Crippen molar-refractivity contribution >= 4 is 29.1 Å². The van der Waals surface area contributed by atoms with Crippen LogP contribution in [0.25, 0.3) is 11.5 Å². The predicted molar refractivity (Wildman–Crippen MR) is 80.1 cm³/mol. The maximum Gasteiger partial charge on any atom is 0.276 e. The summed E-state index contributed by atoms with van der Waals surface area (Å²) in [7, 11) is 0. The first-order chi connectivity index (χ1) is 9.56. The first-order valence-electron chi connectivity index (χ1n) is 6.28. The molecule has 0 radical (unpaired) electrons. The van der Waals surface area contributed by atoms with Crippen molar-refractivity contribution < 1.29 is 9.21 Å². The lowest BCUT2D eigenvalue weighted by molar-refractivity contribution is -0.117. The largest absolute Gasteiger partial charge is 0.411 e. The third kappa shape index (κ3) is 4.08. The number of ketones is 1. The smallest absolute Gasteiger partial charge is 0.276 e. The highest BCUT2D eigenvalue weighted by atomic mass is 35.5. The van der Waals surface area contributed by atoms with Crippen molar-refractivity contribution in [1.82, 2.24) is 10.2 Å². The molecule has 0 saturated heterocycles. The molecule has 0 aliphatic carbocycles. The molecule has 2 rings (SSSR count). The van der Waals surface area contributed by atoms with Crippen LogP contribution in [0.15, 0.2) is 27.8 Å². The summed E-state index contributed by atoms with van der Waals surface area (Å²) < 4.78 is 5.57. The van der Waals surface area contributed by atoms with E-state index in [2.05, 4.69) is 10.2 Å². The molecule has 106 valence electrons. The van der Waals surface area contributed by atoms with Gasteiger partial charge in [-0.15, -0.1) is 10.2 Å². The molecule has 1 aromatic heterocycles. The van der Waals surface area contributed by atoms with E-state index in [9.17, 15) is 4.79 Å². The van der Waals surface area contributed by atoms with E-state index in [4.69, 9.17) is 16.0 Å². The van der Waals surface area contributed by atoms with Gasteiger partial charge in [0.05, 0.1) is 10.6 Å². The lowest BCUT2D eigenvalue weighted by Gasteiger charge is -1.99. The highest BCUT2D eigenvalue weighted by molar-refractivity contribution is 7.99. The van der Waals surface area contributed by atoms with E-state index in [-0.39, 0.29) is 5.78 Å². The van der Waals surface area contributed by atoms with Gasteiger partial charge in [-0.05, 0) is 38.0 Å². The standard InChI is InChI=1S/C14H15ClN2O2S/c1-9-5-6-11(12(15)8-9)13-16-17-14(19-13)20-7-3-4-10(2)18/h5-6,8H,3-4,7H2,1-2H3. The molecule has 0 atom stereocenters. The van der Waals surface area contributed by atoms with Crippen LogP contribution >= 0.6 is 23.4 Å². The Bertz CT molecular complexity index is 613. The van der Waals surface area contributed by atoms with Crippen LogP contribution in [-0.4, -0.2) is 21.7 Å². The zero-order valence-electron chi connectivity index (χ0n) is 11.4. The summed E-state index contributed by atoms with van der Waals surface area (Å²) >= 11 is 7.61. The Morgan fingerprint density at radius 3 is 2.90 bits per heavy atom. The third-order valence-corrected chi connectivity index (χ3v) is 3.88. The molecule has 1 aromatic carbocycles. The van der Waals surface area contributed by atoms with Gasteiger partial charge in [0.1, 0.15) is 5.78 Å². The number of nitrogens with zero attached hydrogens (tertiary/aromatic N) is 2. The maximum atomic E-state index is 10.8. The Hall–Kier alpha value is -1.33. The van der Waals surface area contributed by atoms with Crippen molar-refractivity contribution in [2.24, 2.45) is 0 Å². The van der Waals surface area contributed by atoms with Gasteiger partial charge in [0, 0.05) is 12.2 Å². The highest BCUT2D eigenvalue weighted by Gasteiger charge is 2.12. The molecule has 0 bridgehead atoms. The van der Waals surface area contributed by atoms with Gasteiger partial charge in [-0.1, -0.05) is 29.4 Å². The Labute approximate surface area is 126 Å². The van der Waals surface area contributed by atoms with Crippen molar-refractivity contribution in [3.8, 4) is 11.5 Å². The molecule has 0 unspecified atom stereocenters. The second-order valence-electron chi connectivity index (χ2n) is 4.51. The number of benzene rings is 1. The quantitative estimate of drug-likeness (QED) is 0.592. The van der Waals surface area contributed by atoms with Gasteiger partial charge in [-0.3, -0.25) is 0 Å². The minimum Gasteiger partial charge on any atom is -0.411 e. The average Bonchev–Trinajstić information content (AvgIpc) is 2.83. The van der Waals surface area contributed by atoms with E-state index < -0.39 is 0 Å². The Kier molecular flexibility index (Phi) is 5.20. The van der Waals surface area contributed by atoms with E-state index >= 15 is 0 Å². The number of carbonyl (C=O) groups is 1. The van der Waals surface area contributed by atoms with E-state index in [1.165, 1.54) is 11.8 Å². The van der Waals surface area contributed by atoms with Gasteiger partial charge in [0.2, 0.25) is 5.89 Å². The number of aryl methyl sites for hydroxylation is 1. The molecular formula is C14H15ClN2O2S. The minimum absolute atomic E-state index is 0.197. The molecule has 6 heteroatoms. The lowest BCUT2D eigenvalue weighted by atomic mass is 10.1. The van der Waals surface area contributed by atoms with Crippen LogP contribution < -0.4 is 0 Å². The highest BCUT2D eigenvalue weighted by Crippen LogP contribution is 2.29. The van der Waals surface area contributed by atoms with Crippen molar-refractivity contribution in [1.29, 1.82) is 0 Å². The molecule has 1 heterocycles. The molecule has 0 N–H and O–H groups in total. The third-order valence-electron chi connectivity index (χ3n) is 2.66. The number of hydrogen-bond acceptors (Lipinski definition) is 5. The van der Waals surface area contributed by atoms with Crippen LogP contribution in [0.4, 0.5) is 0 Å². The fourth-order valence-electron chi connectivity index (χ4n) is 1.65. The Balaban J connectivity index is 1.99. The molecule has 0 fully saturated rings. The number of rotatable bonds is 6. The average molecular weight is 311 g/mol. The van der Waals surface area contributed by atoms with Crippen molar-refractivity contribution in [2.75, 3.05) is 5.75 Å². The summed E-state index contributed by atoms with van der Waals surface area (Å²) in [6.45, 7) is 3.56. The predicted octanol–water partition coefficient (Wildman–Crippen LogP) is 4.16. The Morgan fingerprint density at radius 1 is 1.40 bits per heavy atom. The lowest BCUT2D eigenvalue weighted by Crippen LogP contribution is -1.90. The van der Waals surface area contributed by atoms with Gasteiger partial charge in [-0.25, -0.2) is 0 Å². The Morgan fingerprint density at radius 2 is 2.20 bits per heavy atom. The maximum absolute atomic E-state index is 10.8. The number of thioether (sulfide) groups is 1. The monoisotopic (exact) mass is 310 g/mol. The number of halogens is 1. The van der Waals surface area contributed by atoms with Crippen molar-refractivity contribution in [3.63, 3.8) is 0 Å². The van der Waals surface area contributed by atoms with Crippen molar-refractivity contribution in [2.45, 2.75) is 31.9 Å². The molecule has 4 nitrogen and oxygen atoms in total. The van der Waals surface area contributed by atoms with Gasteiger partial charge in [-0.2, -0.15) is 0 Å². The number of Topliss-reactive ketones (excluding diaryl/α,β-unsaturated/α-hetero) is 1. The molecule has 0 spiro atoms. The first kappa shape index (κ1) is 15.1. The van der Waals surface area contributed by atoms with Gasteiger partial charge < -0.3 is 9.21 Å². The van der Waals surface area contributed by atoms with Gasteiger partial charge in [0.15, 0.2) is 0 Å². The summed E-state index contributed by atoms with van der Waals surface area (Å²) in [5, 5.41) is 9.08. The zero-order chi connectivity index (χ0) is 14.5. The first-order valence-corrected chi connectivity index (χ1v) is 7.65. The number of aromatic nitrogens is 2. The summed E-state index contributed by atoms with van der Waals surface area (Å²) in [4.78, 5) is 10.8. The van der Waals surface area contributed by atoms with E-state index in [1.54, 1.807) is 6.92 Å². The van der Waals surface area contributed by atoms with E-state index in [1.807, 2.05) is 25.1 Å². The topological polar surface area (TPSA) is 56.0 Å². The summed E-state index contributed by atoms with van der Waals surface area (Å²) in [6.07, 6.45) is 1.39. The van der Waals surface area contributed by atoms with Crippen LogP contribution in [0.2, 0.25) is 5.02 Å². The molecular weight excluding hydrogens is 296 g/mol. The van der Waals surface area contributed by atoms with Crippen LogP contribution in [0, 0.1) is 6.92 Å². The SMILES string of the molecule is CC(=O)CCCSc1nnc(-c2ccc(C)cc2Cl)o1. The van der Waals surface area contributed by atoms with E-state index in [0.29, 0.717) is 22.6 Å². The summed E-state index contributed by atoms with van der Waals surface area (Å²) in [5.41, 5.74) is 1.82. The number of carbonyl (C=O) groups excluding carboxylic acids is 1. The zero-order valence-corrected chi connectivity index (χ0v) is 12.9. The molecule has 20 heavy (non-hydrogen) atoms. The normalized spacial score (nSPS) is 10.8.